The number of halogens is 4. The first-order chi connectivity index (χ1) is 11.4. The van der Waals surface area contributed by atoms with Crippen LogP contribution in [0.15, 0.2) is 59.2 Å². The fourth-order valence-electron chi connectivity index (χ4n) is 2.04. The van der Waals surface area contributed by atoms with Crippen LogP contribution in [-0.2, 0) is 6.18 Å². The van der Waals surface area contributed by atoms with Crippen molar-refractivity contribution >= 4 is 26.8 Å². The molecule has 0 saturated carbocycles. The maximum atomic E-state index is 12.7. The molecule has 0 bridgehead atoms. The number of aromatic nitrogens is 1. The smallest absolute Gasteiger partial charge is 0.416 e. The molecule has 24 heavy (non-hydrogen) atoms. The summed E-state index contributed by atoms with van der Waals surface area (Å²) in [4.78, 5) is 4.21. The highest BCUT2D eigenvalue weighted by molar-refractivity contribution is 9.10. The minimum atomic E-state index is -4.40. The van der Waals surface area contributed by atoms with Gasteiger partial charge in [0, 0.05) is 22.1 Å². The lowest BCUT2D eigenvalue weighted by molar-refractivity contribution is -0.137. The first-order valence-electron chi connectivity index (χ1n) is 7.33. The van der Waals surface area contributed by atoms with Gasteiger partial charge in [0.05, 0.1) is 11.1 Å². The van der Waals surface area contributed by atoms with E-state index in [1.807, 2.05) is 19.9 Å². The van der Waals surface area contributed by atoms with Gasteiger partial charge in [-0.25, -0.2) is 0 Å². The second kappa shape index (κ2) is 7.66. The van der Waals surface area contributed by atoms with Gasteiger partial charge in [0.2, 0.25) is 0 Å². The third-order valence-electron chi connectivity index (χ3n) is 3.04. The number of rotatable bonds is 2. The average Bonchev–Trinajstić information content (AvgIpc) is 2.56. The Hall–Kier alpha value is -2.08. The van der Waals surface area contributed by atoms with Gasteiger partial charge in [0.15, 0.2) is 0 Å². The minimum absolute atomic E-state index is 0.122. The maximum absolute atomic E-state index is 12.7. The number of fused-ring (bicyclic) bond motifs is 1. The summed E-state index contributed by atoms with van der Waals surface area (Å²) in [5.74, 6) is 0.536. The molecule has 0 N–H and O–H groups in total. The molecule has 1 aromatic heterocycles. The molecular formula is C18H15BrF3NO. The standard InChI is InChI=1S/C16H9BrF3NO.C2H6/c17-14-8-12(9-15-13(14)5-2-6-21-15)22-11-4-1-3-10(7-11)16(18,19)20;1-2/h1-9H;1-2H3. The molecule has 0 unspecified atom stereocenters. The van der Waals surface area contributed by atoms with E-state index in [2.05, 4.69) is 20.9 Å². The lowest BCUT2D eigenvalue weighted by Gasteiger charge is -2.11. The zero-order chi connectivity index (χ0) is 17.7. The minimum Gasteiger partial charge on any atom is -0.457 e. The number of alkyl halides is 3. The van der Waals surface area contributed by atoms with Crippen LogP contribution in [0.1, 0.15) is 19.4 Å². The predicted molar refractivity (Wildman–Crippen MR) is 92.3 cm³/mol. The van der Waals surface area contributed by atoms with Gasteiger partial charge >= 0.3 is 6.18 Å². The molecule has 3 rings (SSSR count). The van der Waals surface area contributed by atoms with E-state index in [9.17, 15) is 13.2 Å². The highest BCUT2D eigenvalue weighted by atomic mass is 79.9. The van der Waals surface area contributed by atoms with Crippen molar-refractivity contribution in [1.29, 1.82) is 0 Å². The van der Waals surface area contributed by atoms with E-state index in [-0.39, 0.29) is 5.75 Å². The van der Waals surface area contributed by atoms with Crippen LogP contribution in [0.2, 0.25) is 0 Å². The first-order valence-corrected chi connectivity index (χ1v) is 8.12. The highest BCUT2D eigenvalue weighted by Crippen LogP contribution is 2.34. The van der Waals surface area contributed by atoms with Gasteiger partial charge in [-0.3, -0.25) is 4.98 Å². The van der Waals surface area contributed by atoms with Gasteiger partial charge in [-0.05, 0) is 46.3 Å². The van der Waals surface area contributed by atoms with Crippen LogP contribution in [0.25, 0.3) is 10.9 Å². The van der Waals surface area contributed by atoms with Gasteiger partial charge < -0.3 is 4.74 Å². The van der Waals surface area contributed by atoms with Crippen LogP contribution < -0.4 is 4.74 Å². The second-order valence-corrected chi connectivity index (χ2v) is 5.46. The van der Waals surface area contributed by atoms with Gasteiger partial charge in [0.25, 0.3) is 0 Å². The summed E-state index contributed by atoms with van der Waals surface area (Å²) in [6.45, 7) is 4.00. The van der Waals surface area contributed by atoms with Crippen molar-refractivity contribution in [3.05, 3.63) is 64.8 Å². The molecule has 6 heteroatoms. The Morgan fingerprint density at radius 3 is 2.42 bits per heavy atom. The summed E-state index contributed by atoms with van der Waals surface area (Å²) in [5.41, 5.74) is -0.0539. The molecule has 0 aliphatic carbocycles. The van der Waals surface area contributed by atoms with Crippen molar-refractivity contribution in [3.63, 3.8) is 0 Å². The number of pyridine rings is 1. The Balaban J connectivity index is 0.00000100. The third-order valence-corrected chi connectivity index (χ3v) is 3.70. The predicted octanol–water partition coefficient (Wildman–Crippen LogP) is 6.83. The summed E-state index contributed by atoms with van der Waals surface area (Å²) in [6.07, 6.45) is -2.76. The van der Waals surface area contributed by atoms with E-state index in [0.717, 1.165) is 22.0 Å². The first kappa shape index (κ1) is 18.3. The molecule has 3 aromatic rings. The van der Waals surface area contributed by atoms with Crippen molar-refractivity contribution in [3.8, 4) is 11.5 Å². The molecule has 0 saturated heterocycles. The van der Waals surface area contributed by atoms with Crippen molar-refractivity contribution in [2.45, 2.75) is 20.0 Å². The molecule has 0 fully saturated rings. The number of ether oxygens (including phenoxy) is 1. The van der Waals surface area contributed by atoms with Crippen LogP contribution in [-0.4, -0.2) is 4.98 Å². The largest absolute Gasteiger partial charge is 0.457 e. The normalized spacial score (nSPS) is 10.9. The van der Waals surface area contributed by atoms with Crippen molar-refractivity contribution in [2.24, 2.45) is 0 Å². The summed E-state index contributed by atoms with van der Waals surface area (Å²) in [7, 11) is 0. The zero-order valence-electron chi connectivity index (χ0n) is 13.1. The van der Waals surface area contributed by atoms with E-state index < -0.39 is 11.7 Å². The molecule has 1 heterocycles. The Kier molecular flexibility index (Phi) is 5.83. The maximum Gasteiger partial charge on any atom is 0.416 e. The Morgan fingerprint density at radius 1 is 0.958 bits per heavy atom. The average molecular weight is 398 g/mol. The number of benzene rings is 2. The summed E-state index contributed by atoms with van der Waals surface area (Å²) >= 11 is 3.41. The summed E-state index contributed by atoms with van der Waals surface area (Å²) in [6, 6.07) is 11.8. The van der Waals surface area contributed by atoms with Crippen LogP contribution in [0.4, 0.5) is 13.2 Å². The molecule has 0 aliphatic heterocycles. The lowest BCUT2D eigenvalue weighted by Crippen LogP contribution is -2.04. The van der Waals surface area contributed by atoms with Crippen LogP contribution in [0, 0.1) is 0 Å². The number of hydrogen-bond donors (Lipinski definition) is 0. The Labute approximate surface area is 146 Å². The Bertz CT molecular complexity index is 834. The molecule has 2 nitrogen and oxygen atoms in total. The second-order valence-electron chi connectivity index (χ2n) is 4.60. The van der Waals surface area contributed by atoms with Crippen molar-refractivity contribution in [1.82, 2.24) is 4.98 Å². The molecular weight excluding hydrogens is 383 g/mol. The van der Waals surface area contributed by atoms with Crippen molar-refractivity contribution < 1.29 is 17.9 Å². The molecule has 0 atom stereocenters. The SMILES string of the molecule is CC.FC(F)(F)c1cccc(Oc2cc(Br)c3cccnc3c2)c1. The van der Waals surface area contributed by atoms with E-state index in [1.54, 1.807) is 24.4 Å². The number of nitrogens with zero attached hydrogens (tertiary/aromatic N) is 1. The van der Waals surface area contributed by atoms with E-state index in [1.165, 1.54) is 12.1 Å². The number of hydrogen-bond acceptors (Lipinski definition) is 2. The fraction of sp³-hybridized carbons (Fsp3) is 0.167. The third kappa shape index (κ3) is 4.26. The van der Waals surface area contributed by atoms with Crippen LogP contribution >= 0.6 is 15.9 Å². The van der Waals surface area contributed by atoms with Gasteiger partial charge in [0.1, 0.15) is 11.5 Å². The van der Waals surface area contributed by atoms with E-state index in [0.29, 0.717) is 11.3 Å². The Morgan fingerprint density at radius 2 is 1.71 bits per heavy atom. The molecule has 0 spiro atoms. The fourth-order valence-corrected chi connectivity index (χ4v) is 2.61. The van der Waals surface area contributed by atoms with Crippen LogP contribution in [0.5, 0.6) is 11.5 Å². The summed E-state index contributed by atoms with van der Waals surface area (Å²) < 4.78 is 44.4. The molecule has 126 valence electrons. The van der Waals surface area contributed by atoms with Crippen molar-refractivity contribution in [2.75, 3.05) is 0 Å². The van der Waals surface area contributed by atoms with Crippen LogP contribution in [0.3, 0.4) is 0 Å². The monoisotopic (exact) mass is 397 g/mol. The van der Waals surface area contributed by atoms with Gasteiger partial charge in [-0.2, -0.15) is 13.2 Å². The molecule has 0 radical (unpaired) electrons. The quantitative estimate of drug-likeness (QED) is 0.472. The summed E-state index contributed by atoms with van der Waals surface area (Å²) in [5, 5.41) is 0.902. The lowest BCUT2D eigenvalue weighted by atomic mass is 10.2. The van der Waals surface area contributed by atoms with Gasteiger partial charge in [-0.1, -0.05) is 26.0 Å². The topological polar surface area (TPSA) is 22.1 Å². The molecule has 0 amide bonds. The van der Waals surface area contributed by atoms with E-state index in [4.69, 9.17) is 4.74 Å². The van der Waals surface area contributed by atoms with E-state index >= 15 is 0 Å². The zero-order valence-corrected chi connectivity index (χ0v) is 14.6. The molecule has 2 aromatic carbocycles. The van der Waals surface area contributed by atoms with Gasteiger partial charge in [-0.15, -0.1) is 0 Å². The molecule has 0 aliphatic rings. The highest BCUT2D eigenvalue weighted by Gasteiger charge is 2.30.